The first kappa shape index (κ1) is 16.1. The van der Waals surface area contributed by atoms with E-state index in [1.54, 1.807) is 23.1 Å². The van der Waals surface area contributed by atoms with Crippen molar-refractivity contribution in [2.45, 2.75) is 32.7 Å². The molecule has 2 amide bonds. The molecular formula is C15H18Cl2N2O2. The number of halogens is 2. The molecule has 21 heavy (non-hydrogen) atoms. The van der Waals surface area contributed by atoms with Gasteiger partial charge in [-0.2, -0.15) is 0 Å². The summed E-state index contributed by atoms with van der Waals surface area (Å²) >= 11 is 11.8. The highest BCUT2D eigenvalue weighted by molar-refractivity contribution is 6.42. The number of hydrogen-bond acceptors (Lipinski definition) is 2. The van der Waals surface area contributed by atoms with Gasteiger partial charge in [0, 0.05) is 24.2 Å². The summed E-state index contributed by atoms with van der Waals surface area (Å²) in [6.45, 7) is 6.33. The molecule has 0 unspecified atom stereocenters. The number of nitrogens with zero attached hydrogens (tertiary/aromatic N) is 1. The first-order chi connectivity index (χ1) is 9.68. The second-order valence-corrected chi connectivity index (χ2v) is 7.01. The lowest BCUT2D eigenvalue weighted by molar-refractivity contribution is -0.131. The number of carbonyl (C=O) groups is 2. The predicted octanol–water partition coefficient (Wildman–Crippen LogP) is 3.58. The maximum absolute atomic E-state index is 12.3. The number of rotatable bonds is 2. The molecule has 0 radical (unpaired) electrons. The van der Waals surface area contributed by atoms with Gasteiger partial charge in [-0.25, -0.2) is 0 Å². The Morgan fingerprint density at radius 3 is 2.48 bits per heavy atom. The van der Waals surface area contributed by atoms with E-state index in [9.17, 15) is 9.59 Å². The highest BCUT2D eigenvalue weighted by Crippen LogP contribution is 2.28. The van der Waals surface area contributed by atoms with Crippen LogP contribution in [-0.4, -0.2) is 28.8 Å². The van der Waals surface area contributed by atoms with Gasteiger partial charge < -0.3 is 10.2 Å². The van der Waals surface area contributed by atoms with Crippen molar-refractivity contribution >= 4 is 40.7 Å². The zero-order chi connectivity index (χ0) is 15.8. The van der Waals surface area contributed by atoms with Gasteiger partial charge in [0.1, 0.15) is 0 Å². The van der Waals surface area contributed by atoms with Gasteiger partial charge in [0.2, 0.25) is 11.8 Å². The second kappa shape index (κ2) is 5.85. The molecule has 0 saturated carbocycles. The standard InChI is InChI=1S/C15H18Cl2N2O2/c1-15(2,3)19-8-9(6-13(19)20)14(21)18-10-4-5-11(16)12(17)7-10/h4-5,7,9H,6,8H2,1-3H3,(H,18,21)/t9-/m0/s1. The van der Waals surface area contributed by atoms with Crippen LogP contribution in [0.25, 0.3) is 0 Å². The van der Waals surface area contributed by atoms with Crippen molar-refractivity contribution in [2.75, 3.05) is 11.9 Å². The van der Waals surface area contributed by atoms with E-state index in [1.165, 1.54) is 0 Å². The Labute approximate surface area is 134 Å². The van der Waals surface area contributed by atoms with Crippen LogP contribution in [0.3, 0.4) is 0 Å². The van der Waals surface area contributed by atoms with Gasteiger partial charge in [-0.05, 0) is 39.0 Å². The summed E-state index contributed by atoms with van der Waals surface area (Å²) in [5.74, 6) is -0.503. The molecule has 1 N–H and O–H groups in total. The third-order valence-electron chi connectivity index (χ3n) is 3.49. The van der Waals surface area contributed by atoms with Gasteiger partial charge in [0.05, 0.1) is 16.0 Å². The summed E-state index contributed by atoms with van der Waals surface area (Å²) in [6, 6.07) is 4.91. The third kappa shape index (κ3) is 3.69. The molecule has 114 valence electrons. The Morgan fingerprint density at radius 1 is 1.29 bits per heavy atom. The van der Waals surface area contributed by atoms with Crippen molar-refractivity contribution in [2.24, 2.45) is 5.92 Å². The zero-order valence-corrected chi connectivity index (χ0v) is 13.8. The van der Waals surface area contributed by atoms with Crippen LogP contribution in [0.1, 0.15) is 27.2 Å². The number of nitrogens with one attached hydrogen (secondary N) is 1. The lowest BCUT2D eigenvalue weighted by atomic mass is 10.1. The van der Waals surface area contributed by atoms with Gasteiger partial charge in [0.15, 0.2) is 0 Å². The van der Waals surface area contributed by atoms with E-state index in [2.05, 4.69) is 5.32 Å². The van der Waals surface area contributed by atoms with Crippen LogP contribution >= 0.6 is 23.2 Å². The molecule has 4 nitrogen and oxygen atoms in total. The average molecular weight is 329 g/mol. The monoisotopic (exact) mass is 328 g/mol. The number of benzene rings is 1. The minimum atomic E-state index is -0.342. The number of anilines is 1. The van der Waals surface area contributed by atoms with E-state index in [0.29, 0.717) is 22.3 Å². The Bertz CT molecular complexity index is 582. The molecular weight excluding hydrogens is 311 g/mol. The molecule has 1 aliphatic rings. The van der Waals surface area contributed by atoms with Gasteiger partial charge in [0.25, 0.3) is 0 Å². The van der Waals surface area contributed by atoms with Crippen LogP contribution in [-0.2, 0) is 9.59 Å². The maximum Gasteiger partial charge on any atom is 0.229 e. The predicted molar refractivity (Wildman–Crippen MR) is 84.7 cm³/mol. The summed E-state index contributed by atoms with van der Waals surface area (Å²) in [7, 11) is 0. The first-order valence-electron chi connectivity index (χ1n) is 6.75. The number of likely N-dealkylation sites (tertiary alicyclic amines) is 1. The summed E-state index contributed by atoms with van der Waals surface area (Å²) < 4.78 is 0. The fourth-order valence-electron chi connectivity index (χ4n) is 2.35. The van der Waals surface area contributed by atoms with Gasteiger partial charge in [-0.15, -0.1) is 0 Å². The fraction of sp³-hybridized carbons (Fsp3) is 0.467. The molecule has 1 atom stereocenters. The van der Waals surface area contributed by atoms with Gasteiger partial charge >= 0.3 is 0 Å². The molecule has 0 aliphatic carbocycles. The highest BCUT2D eigenvalue weighted by Gasteiger charge is 2.39. The zero-order valence-electron chi connectivity index (χ0n) is 12.2. The van der Waals surface area contributed by atoms with Crippen molar-refractivity contribution in [3.8, 4) is 0 Å². The van der Waals surface area contributed by atoms with Crippen LogP contribution in [0.15, 0.2) is 18.2 Å². The van der Waals surface area contributed by atoms with E-state index in [0.717, 1.165) is 0 Å². The van der Waals surface area contributed by atoms with E-state index in [1.807, 2.05) is 20.8 Å². The Balaban J connectivity index is 2.05. The van der Waals surface area contributed by atoms with Crippen molar-refractivity contribution in [3.63, 3.8) is 0 Å². The Hall–Kier alpha value is -1.26. The largest absolute Gasteiger partial charge is 0.337 e. The Kier molecular flexibility index (Phi) is 4.49. The minimum Gasteiger partial charge on any atom is -0.337 e. The maximum atomic E-state index is 12.3. The molecule has 6 heteroatoms. The second-order valence-electron chi connectivity index (χ2n) is 6.19. The van der Waals surface area contributed by atoms with Crippen LogP contribution in [0, 0.1) is 5.92 Å². The van der Waals surface area contributed by atoms with Crippen LogP contribution in [0.4, 0.5) is 5.69 Å². The van der Waals surface area contributed by atoms with E-state index in [4.69, 9.17) is 23.2 Å². The van der Waals surface area contributed by atoms with Gasteiger partial charge in [-0.1, -0.05) is 23.2 Å². The molecule has 1 aromatic rings. The summed E-state index contributed by atoms with van der Waals surface area (Å²) in [5.41, 5.74) is 0.312. The molecule has 1 aromatic carbocycles. The molecule has 1 fully saturated rings. The van der Waals surface area contributed by atoms with Crippen molar-refractivity contribution in [1.82, 2.24) is 4.90 Å². The highest BCUT2D eigenvalue weighted by atomic mass is 35.5. The number of carbonyl (C=O) groups excluding carboxylic acids is 2. The van der Waals surface area contributed by atoms with E-state index >= 15 is 0 Å². The summed E-state index contributed by atoms with van der Waals surface area (Å²) in [5, 5.41) is 3.60. The Morgan fingerprint density at radius 2 is 1.95 bits per heavy atom. The molecule has 0 aromatic heterocycles. The van der Waals surface area contributed by atoms with Crippen molar-refractivity contribution < 1.29 is 9.59 Å². The molecule has 1 aliphatic heterocycles. The van der Waals surface area contributed by atoms with Crippen molar-refractivity contribution in [3.05, 3.63) is 28.2 Å². The van der Waals surface area contributed by atoms with Gasteiger partial charge in [-0.3, -0.25) is 9.59 Å². The van der Waals surface area contributed by atoms with Crippen LogP contribution in [0.2, 0.25) is 10.0 Å². The smallest absolute Gasteiger partial charge is 0.229 e. The quantitative estimate of drug-likeness (QED) is 0.902. The lowest BCUT2D eigenvalue weighted by Gasteiger charge is -2.31. The minimum absolute atomic E-state index is 0.0109. The lowest BCUT2D eigenvalue weighted by Crippen LogP contribution is -2.42. The summed E-state index contributed by atoms with van der Waals surface area (Å²) in [4.78, 5) is 26.0. The number of hydrogen-bond donors (Lipinski definition) is 1. The summed E-state index contributed by atoms with van der Waals surface area (Å²) in [6.07, 6.45) is 0.241. The fourth-order valence-corrected chi connectivity index (χ4v) is 2.65. The molecule has 2 rings (SSSR count). The molecule has 0 bridgehead atoms. The van der Waals surface area contributed by atoms with Crippen LogP contribution in [0.5, 0.6) is 0 Å². The molecule has 1 saturated heterocycles. The number of amides is 2. The van der Waals surface area contributed by atoms with Crippen molar-refractivity contribution in [1.29, 1.82) is 0 Å². The SMILES string of the molecule is CC(C)(C)N1C[C@@H](C(=O)Nc2ccc(Cl)c(Cl)c2)CC1=O. The normalized spacial score (nSPS) is 19.0. The first-order valence-corrected chi connectivity index (χ1v) is 7.50. The topological polar surface area (TPSA) is 49.4 Å². The molecule has 0 spiro atoms. The third-order valence-corrected chi connectivity index (χ3v) is 4.23. The van der Waals surface area contributed by atoms with Crippen LogP contribution < -0.4 is 5.32 Å². The average Bonchev–Trinajstić information content (AvgIpc) is 2.76. The van der Waals surface area contributed by atoms with E-state index < -0.39 is 0 Å². The molecule has 1 heterocycles. The van der Waals surface area contributed by atoms with E-state index in [-0.39, 0.29) is 29.7 Å².